The van der Waals surface area contributed by atoms with Crippen molar-refractivity contribution < 1.29 is 19.1 Å². The Morgan fingerprint density at radius 3 is 2.24 bits per heavy atom. The molecule has 0 aliphatic carbocycles. The van der Waals surface area contributed by atoms with Gasteiger partial charge in [0, 0.05) is 41.3 Å². The van der Waals surface area contributed by atoms with Crippen LogP contribution >= 0.6 is 0 Å². The van der Waals surface area contributed by atoms with E-state index < -0.39 is 5.92 Å². The maximum absolute atomic E-state index is 12.8. The minimum absolute atomic E-state index is 0.0908. The summed E-state index contributed by atoms with van der Waals surface area (Å²) in [6, 6.07) is 17.8. The summed E-state index contributed by atoms with van der Waals surface area (Å²) in [5.74, 6) is -0.276. The van der Waals surface area contributed by atoms with Crippen LogP contribution in [0.4, 0.5) is 11.4 Å². The first-order valence-corrected chi connectivity index (χ1v) is 11.3. The molecular weight excluding hydrogens is 432 g/mol. The minimum Gasteiger partial charge on any atom is -0.494 e. The van der Waals surface area contributed by atoms with Crippen LogP contribution in [0, 0.1) is 19.8 Å². The fraction of sp³-hybridized carbons (Fsp3) is 0.269. The lowest BCUT2D eigenvalue weighted by molar-refractivity contribution is -0.122. The Labute approximate surface area is 198 Å². The third-order valence-corrected chi connectivity index (χ3v) is 5.85. The molecular formula is C26H28N4O4. The minimum atomic E-state index is -0.457. The van der Waals surface area contributed by atoms with Crippen molar-refractivity contribution in [3.05, 3.63) is 77.6 Å². The maximum atomic E-state index is 12.8. The number of hydrogen-bond acceptors (Lipinski definition) is 4. The zero-order valence-electron chi connectivity index (χ0n) is 19.5. The topological polar surface area (TPSA) is 92.7 Å². The van der Waals surface area contributed by atoms with Gasteiger partial charge in [0.1, 0.15) is 5.75 Å². The highest BCUT2D eigenvalue weighted by molar-refractivity contribution is 6.04. The number of hydrogen-bond donors (Lipinski definition) is 2. The largest absolute Gasteiger partial charge is 0.494 e. The molecule has 1 aliphatic heterocycles. The highest BCUT2D eigenvalue weighted by Crippen LogP contribution is 2.27. The number of benzene rings is 2. The first-order valence-electron chi connectivity index (χ1n) is 11.3. The van der Waals surface area contributed by atoms with Gasteiger partial charge in [0.05, 0.1) is 12.5 Å². The average molecular weight is 461 g/mol. The van der Waals surface area contributed by atoms with Crippen molar-refractivity contribution >= 4 is 29.1 Å². The Hall–Kier alpha value is -4.07. The standard InChI is InChI=1S/C26H28N4O4/c1-4-34-23-13-11-22(12-14-23)29-16-20(15-24(29)31)25(32)27-21-9-7-19(8-10-21)26(33)28-30-17(2)5-6-18(30)3/h5-14,20H,4,15-16H2,1-3H3,(H,27,32)(H,28,33)/t20-/m1/s1. The number of carbonyl (C=O) groups excluding carboxylic acids is 3. The molecule has 0 saturated carbocycles. The molecule has 3 amide bonds. The van der Waals surface area contributed by atoms with E-state index in [2.05, 4.69) is 10.7 Å². The molecule has 2 aromatic carbocycles. The van der Waals surface area contributed by atoms with Gasteiger partial charge in [-0.15, -0.1) is 0 Å². The lowest BCUT2D eigenvalue weighted by atomic mass is 10.1. The number of nitrogens with one attached hydrogen (secondary N) is 2. The summed E-state index contributed by atoms with van der Waals surface area (Å²) in [4.78, 5) is 39.5. The predicted octanol–water partition coefficient (Wildman–Crippen LogP) is 3.88. The van der Waals surface area contributed by atoms with Gasteiger partial charge in [-0.3, -0.25) is 24.5 Å². The monoisotopic (exact) mass is 460 g/mol. The highest BCUT2D eigenvalue weighted by atomic mass is 16.5. The van der Waals surface area contributed by atoms with Crippen molar-refractivity contribution in [1.82, 2.24) is 4.68 Å². The molecule has 0 unspecified atom stereocenters. The van der Waals surface area contributed by atoms with Crippen LogP contribution < -0.4 is 20.4 Å². The number of aryl methyl sites for hydroxylation is 2. The number of rotatable bonds is 7. The summed E-state index contributed by atoms with van der Waals surface area (Å²) < 4.78 is 7.17. The molecule has 1 saturated heterocycles. The molecule has 8 nitrogen and oxygen atoms in total. The van der Waals surface area contributed by atoms with E-state index in [4.69, 9.17) is 4.74 Å². The molecule has 1 aromatic heterocycles. The Morgan fingerprint density at radius 2 is 1.62 bits per heavy atom. The van der Waals surface area contributed by atoms with Gasteiger partial charge in [-0.2, -0.15) is 0 Å². The van der Waals surface area contributed by atoms with Gasteiger partial charge in [0.15, 0.2) is 0 Å². The molecule has 2 N–H and O–H groups in total. The molecule has 34 heavy (non-hydrogen) atoms. The van der Waals surface area contributed by atoms with Gasteiger partial charge in [-0.05, 0) is 81.4 Å². The molecule has 8 heteroatoms. The van der Waals surface area contributed by atoms with Gasteiger partial charge >= 0.3 is 0 Å². The molecule has 3 aromatic rings. The molecule has 1 atom stereocenters. The summed E-state index contributed by atoms with van der Waals surface area (Å²) in [6.07, 6.45) is 0.148. The molecule has 2 heterocycles. The third-order valence-electron chi connectivity index (χ3n) is 5.85. The molecule has 4 rings (SSSR count). The van der Waals surface area contributed by atoms with Crippen molar-refractivity contribution in [2.75, 3.05) is 28.8 Å². The number of carbonyl (C=O) groups is 3. The summed E-state index contributed by atoms with van der Waals surface area (Å²) >= 11 is 0. The van der Waals surface area contributed by atoms with E-state index in [1.54, 1.807) is 33.8 Å². The van der Waals surface area contributed by atoms with Crippen LogP contribution in [0.2, 0.25) is 0 Å². The van der Waals surface area contributed by atoms with Crippen molar-refractivity contribution in [3.8, 4) is 5.75 Å². The number of anilines is 2. The van der Waals surface area contributed by atoms with Crippen molar-refractivity contribution in [3.63, 3.8) is 0 Å². The second-order valence-corrected chi connectivity index (χ2v) is 8.29. The van der Waals surface area contributed by atoms with Gasteiger partial charge in [-0.25, -0.2) is 0 Å². The van der Waals surface area contributed by atoms with Crippen LogP contribution in [0.3, 0.4) is 0 Å². The van der Waals surface area contributed by atoms with Crippen molar-refractivity contribution in [1.29, 1.82) is 0 Å². The Bertz CT molecular complexity index is 1180. The third kappa shape index (κ3) is 4.96. The first kappa shape index (κ1) is 23.1. The predicted molar refractivity (Wildman–Crippen MR) is 131 cm³/mol. The highest BCUT2D eigenvalue weighted by Gasteiger charge is 2.35. The SMILES string of the molecule is CCOc1ccc(N2C[C@H](C(=O)Nc3ccc(C(=O)Nn4c(C)ccc4C)cc3)CC2=O)cc1. The van der Waals surface area contributed by atoms with E-state index in [1.165, 1.54) is 0 Å². The second-order valence-electron chi connectivity index (χ2n) is 8.29. The second kappa shape index (κ2) is 9.82. The van der Waals surface area contributed by atoms with Gasteiger partial charge < -0.3 is 15.0 Å². The molecule has 0 radical (unpaired) electrons. The number of ether oxygens (including phenoxy) is 1. The molecule has 176 valence electrons. The molecule has 1 aliphatic rings. The Kier molecular flexibility index (Phi) is 6.67. The zero-order valence-corrected chi connectivity index (χ0v) is 19.5. The summed E-state index contributed by atoms with van der Waals surface area (Å²) in [5.41, 5.74) is 6.51. The molecule has 0 bridgehead atoms. The van der Waals surface area contributed by atoms with E-state index in [9.17, 15) is 14.4 Å². The van der Waals surface area contributed by atoms with Gasteiger partial charge in [0.25, 0.3) is 5.91 Å². The lowest BCUT2D eigenvalue weighted by Crippen LogP contribution is -2.28. The number of aromatic nitrogens is 1. The van der Waals surface area contributed by atoms with E-state index in [1.807, 2.05) is 57.2 Å². The quantitative estimate of drug-likeness (QED) is 0.560. The fourth-order valence-corrected chi connectivity index (χ4v) is 3.98. The summed E-state index contributed by atoms with van der Waals surface area (Å²) in [7, 11) is 0. The van der Waals surface area contributed by atoms with Crippen LogP contribution in [0.1, 0.15) is 35.1 Å². The zero-order chi connectivity index (χ0) is 24.2. The van der Waals surface area contributed by atoms with E-state index in [0.717, 1.165) is 22.8 Å². The summed E-state index contributed by atoms with van der Waals surface area (Å²) in [6.45, 7) is 6.62. The maximum Gasteiger partial charge on any atom is 0.270 e. The van der Waals surface area contributed by atoms with Crippen LogP contribution in [0.5, 0.6) is 5.75 Å². The molecule has 1 fully saturated rings. The van der Waals surface area contributed by atoms with E-state index >= 15 is 0 Å². The Morgan fingerprint density at radius 1 is 0.971 bits per heavy atom. The smallest absolute Gasteiger partial charge is 0.270 e. The van der Waals surface area contributed by atoms with Gasteiger partial charge in [0.2, 0.25) is 11.8 Å². The van der Waals surface area contributed by atoms with Crippen molar-refractivity contribution in [2.45, 2.75) is 27.2 Å². The van der Waals surface area contributed by atoms with Crippen molar-refractivity contribution in [2.24, 2.45) is 5.92 Å². The molecule has 0 spiro atoms. The fourth-order valence-electron chi connectivity index (χ4n) is 3.98. The lowest BCUT2D eigenvalue weighted by Gasteiger charge is -2.17. The van der Waals surface area contributed by atoms with E-state index in [0.29, 0.717) is 24.4 Å². The number of nitrogens with zero attached hydrogens (tertiary/aromatic N) is 2. The first-order chi connectivity index (χ1) is 16.4. The van der Waals surface area contributed by atoms with Gasteiger partial charge in [-0.1, -0.05) is 0 Å². The normalized spacial score (nSPS) is 15.3. The van der Waals surface area contributed by atoms with Crippen LogP contribution in [-0.2, 0) is 9.59 Å². The van der Waals surface area contributed by atoms with Crippen LogP contribution in [-0.4, -0.2) is 35.5 Å². The van der Waals surface area contributed by atoms with Crippen LogP contribution in [0.25, 0.3) is 0 Å². The average Bonchev–Trinajstić information content (AvgIpc) is 3.37. The van der Waals surface area contributed by atoms with E-state index in [-0.39, 0.29) is 24.1 Å². The summed E-state index contributed by atoms with van der Waals surface area (Å²) in [5, 5.41) is 2.86. The Balaban J connectivity index is 1.35. The van der Waals surface area contributed by atoms with Crippen LogP contribution in [0.15, 0.2) is 60.7 Å². The number of amides is 3.